The van der Waals surface area contributed by atoms with Gasteiger partial charge in [0.1, 0.15) is 11.5 Å². The summed E-state index contributed by atoms with van der Waals surface area (Å²) in [6, 6.07) is 0. The zero-order valence-corrected chi connectivity index (χ0v) is 17.9. The first-order valence-corrected chi connectivity index (χ1v) is 11.7. The predicted octanol–water partition coefficient (Wildman–Crippen LogP) is 4.75. The summed E-state index contributed by atoms with van der Waals surface area (Å²) in [5.41, 5.74) is 0. The highest BCUT2D eigenvalue weighted by atomic mass is 32.2. The number of hydrogen-bond donors (Lipinski definition) is 0. The van der Waals surface area contributed by atoms with Crippen LogP contribution in [0, 0.1) is 0 Å². The van der Waals surface area contributed by atoms with Crippen LogP contribution in [0.15, 0.2) is 0 Å². The Morgan fingerprint density at radius 1 is 0.833 bits per heavy atom. The molecule has 0 saturated carbocycles. The number of carbonyl (C=O) groups excluding carboxylic acids is 1. The monoisotopic (exact) mass is 502 g/mol. The van der Waals surface area contributed by atoms with Crippen molar-refractivity contribution in [1.29, 1.82) is 0 Å². The Morgan fingerprint density at radius 3 is 1.57 bits per heavy atom. The molecular formula is C15H23F9O4S2. The third-order valence-corrected chi connectivity index (χ3v) is 6.92. The van der Waals surface area contributed by atoms with Crippen LogP contribution in [0.3, 0.4) is 0 Å². The van der Waals surface area contributed by atoms with Gasteiger partial charge in [-0.3, -0.25) is 4.79 Å². The maximum Gasteiger partial charge on any atom is 0.460 e. The fourth-order valence-corrected chi connectivity index (χ4v) is 3.66. The maximum atomic E-state index is 12.2. The maximum absolute atomic E-state index is 12.2. The van der Waals surface area contributed by atoms with Crippen LogP contribution in [0.5, 0.6) is 0 Å². The SMILES string of the molecule is CCCCCC(=O)C[S+](CC)CC.O=S(=O)([O-])C(F)(F)C(F)(F)C(F)(F)C(F)(F)F. The third-order valence-electron chi connectivity index (χ3n) is 3.67. The summed E-state index contributed by atoms with van der Waals surface area (Å²) in [7, 11) is -7.04. The molecule has 182 valence electrons. The predicted molar refractivity (Wildman–Crippen MR) is 93.1 cm³/mol. The van der Waals surface area contributed by atoms with Gasteiger partial charge in [0.05, 0.1) is 0 Å². The van der Waals surface area contributed by atoms with Crippen LogP contribution in [0.25, 0.3) is 0 Å². The summed E-state index contributed by atoms with van der Waals surface area (Å²) in [5.74, 6) is -11.1. The molecule has 0 aromatic carbocycles. The van der Waals surface area contributed by atoms with Gasteiger partial charge in [0.2, 0.25) is 0 Å². The van der Waals surface area contributed by atoms with Crippen molar-refractivity contribution in [2.75, 3.05) is 17.3 Å². The zero-order valence-electron chi connectivity index (χ0n) is 16.3. The number of unbranched alkanes of at least 4 members (excludes halogenated alkanes) is 2. The Kier molecular flexibility index (Phi) is 12.4. The minimum atomic E-state index is -7.43. The van der Waals surface area contributed by atoms with E-state index in [1.807, 2.05) is 0 Å². The van der Waals surface area contributed by atoms with Crippen LogP contribution < -0.4 is 0 Å². The Bertz CT molecular complexity index is 631. The van der Waals surface area contributed by atoms with Gasteiger partial charge in [-0.1, -0.05) is 19.8 Å². The lowest BCUT2D eigenvalue weighted by molar-refractivity contribution is -0.382. The Hall–Kier alpha value is -0.700. The van der Waals surface area contributed by atoms with Crippen LogP contribution in [-0.2, 0) is 25.8 Å². The molecule has 0 aliphatic rings. The number of hydrogen-bond acceptors (Lipinski definition) is 4. The largest absolute Gasteiger partial charge is 0.743 e. The van der Waals surface area contributed by atoms with Gasteiger partial charge < -0.3 is 4.55 Å². The summed E-state index contributed by atoms with van der Waals surface area (Å²) >= 11 is 0. The van der Waals surface area contributed by atoms with E-state index in [0.717, 1.165) is 18.6 Å². The molecule has 0 rings (SSSR count). The van der Waals surface area contributed by atoms with E-state index in [9.17, 15) is 57.3 Å². The van der Waals surface area contributed by atoms with E-state index in [-0.39, 0.29) is 0 Å². The van der Waals surface area contributed by atoms with E-state index < -0.39 is 33.4 Å². The first-order chi connectivity index (χ1) is 13.2. The van der Waals surface area contributed by atoms with E-state index >= 15 is 0 Å². The molecule has 0 aliphatic heterocycles. The summed E-state index contributed by atoms with van der Waals surface area (Å²) in [5, 5.41) is -7.11. The number of ketones is 1. The molecule has 0 N–H and O–H groups in total. The van der Waals surface area contributed by atoms with Gasteiger partial charge in [0, 0.05) is 6.42 Å². The highest BCUT2D eigenvalue weighted by molar-refractivity contribution is 7.97. The molecule has 0 spiro atoms. The Labute approximate surface area is 171 Å². The van der Waals surface area contributed by atoms with Crippen molar-refractivity contribution in [3.63, 3.8) is 0 Å². The molecule has 30 heavy (non-hydrogen) atoms. The van der Waals surface area contributed by atoms with E-state index in [0.29, 0.717) is 16.7 Å². The number of rotatable bonds is 11. The number of alkyl halides is 9. The molecule has 0 unspecified atom stereocenters. The fourth-order valence-electron chi connectivity index (χ4n) is 1.80. The lowest BCUT2D eigenvalue weighted by Gasteiger charge is -2.34. The van der Waals surface area contributed by atoms with E-state index in [1.165, 1.54) is 24.3 Å². The molecule has 0 atom stereocenters. The van der Waals surface area contributed by atoms with Crippen molar-refractivity contribution < 1.29 is 57.3 Å². The normalized spacial score (nSPS) is 13.8. The molecule has 0 amide bonds. The van der Waals surface area contributed by atoms with Gasteiger partial charge in [0.25, 0.3) is 0 Å². The first-order valence-electron chi connectivity index (χ1n) is 8.55. The van der Waals surface area contributed by atoms with Gasteiger partial charge in [-0.25, -0.2) is 8.42 Å². The quantitative estimate of drug-likeness (QED) is 0.177. The topological polar surface area (TPSA) is 74.3 Å². The average molecular weight is 502 g/mol. The Morgan fingerprint density at radius 2 is 1.27 bits per heavy atom. The summed E-state index contributed by atoms with van der Waals surface area (Å²) in [6.45, 7) is 6.55. The molecule has 0 heterocycles. The van der Waals surface area contributed by atoms with Crippen molar-refractivity contribution >= 4 is 26.8 Å². The first kappa shape index (κ1) is 31.5. The summed E-state index contributed by atoms with van der Waals surface area (Å²) in [6.07, 6.45) is -2.83. The van der Waals surface area contributed by atoms with E-state index in [1.54, 1.807) is 0 Å². The van der Waals surface area contributed by atoms with Crippen molar-refractivity contribution in [2.24, 2.45) is 0 Å². The lowest BCUT2D eigenvalue weighted by Crippen LogP contribution is -2.63. The molecule has 0 aliphatic carbocycles. The van der Waals surface area contributed by atoms with Crippen LogP contribution in [0.4, 0.5) is 39.5 Å². The molecule has 0 radical (unpaired) electrons. The molecule has 15 heteroatoms. The summed E-state index contributed by atoms with van der Waals surface area (Å²) in [4.78, 5) is 11.5. The minimum absolute atomic E-state index is 0.377. The van der Waals surface area contributed by atoms with Crippen molar-refractivity contribution in [2.45, 2.75) is 69.7 Å². The Balaban J connectivity index is 0. The lowest BCUT2D eigenvalue weighted by atomic mass is 10.1. The smallest absolute Gasteiger partial charge is 0.460 e. The third kappa shape index (κ3) is 8.09. The molecule has 0 bridgehead atoms. The zero-order chi connectivity index (χ0) is 24.6. The van der Waals surface area contributed by atoms with Gasteiger partial charge in [-0.05, 0) is 31.2 Å². The number of carbonyl (C=O) groups is 1. The highest BCUT2D eigenvalue weighted by Crippen LogP contribution is 2.54. The minimum Gasteiger partial charge on any atom is -0.743 e. The number of Topliss-reactive ketones (excluding diaryl/α,β-unsaturated/α-hetero) is 1. The average Bonchev–Trinajstić information content (AvgIpc) is 2.58. The molecule has 0 aromatic rings. The van der Waals surface area contributed by atoms with Gasteiger partial charge in [0.15, 0.2) is 21.7 Å². The molecule has 0 fully saturated rings. The number of halogens is 9. The standard InChI is InChI=1S/C11H23OS.C4HF9O3S/c1-4-7-8-9-11(12)10-13(5-2)6-3;5-1(6,3(9,10)11)2(7,8)4(12,13)17(14,15)16/h4-10H2,1-3H3;(H,14,15,16)/q+1;/p-1. The second-order valence-corrected chi connectivity index (χ2v) is 10.0. The van der Waals surface area contributed by atoms with Crippen molar-refractivity contribution in [1.82, 2.24) is 0 Å². The van der Waals surface area contributed by atoms with Crippen LogP contribution in [-0.4, -0.2) is 59.3 Å². The molecule has 0 aromatic heterocycles. The van der Waals surface area contributed by atoms with Crippen LogP contribution in [0.1, 0.15) is 46.5 Å². The molecule has 0 saturated heterocycles. The molecule has 4 nitrogen and oxygen atoms in total. The fraction of sp³-hybridized carbons (Fsp3) is 0.933. The summed E-state index contributed by atoms with van der Waals surface area (Å²) < 4.78 is 135. The van der Waals surface area contributed by atoms with E-state index in [4.69, 9.17) is 0 Å². The van der Waals surface area contributed by atoms with Crippen LogP contribution >= 0.6 is 0 Å². The molecular weight excluding hydrogens is 479 g/mol. The highest BCUT2D eigenvalue weighted by Gasteiger charge is 2.83. The van der Waals surface area contributed by atoms with Crippen molar-refractivity contribution in [3.8, 4) is 0 Å². The van der Waals surface area contributed by atoms with Crippen LogP contribution in [0.2, 0.25) is 0 Å². The van der Waals surface area contributed by atoms with Gasteiger partial charge >= 0.3 is 23.3 Å². The van der Waals surface area contributed by atoms with Gasteiger partial charge in [-0.15, -0.1) is 0 Å². The van der Waals surface area contributed by atoms with Gasteiger partial charge in [-0.2, -0.15) is 39.5 Å². The van der Waals surface area contributed by atoms with Crippen molar-refractivity contribution in [3.05, 3.63) is 0 Å². The second-order valence-electron chi connectivity index (χ2n) is 5.95. The second kappa shape index (κ2) is 11.8. The van der Waals surface area contributed by atoms with E-state index in [2.05, 4.69) is 20.8 Å².